The van der Waals surface area contributed by atoms with Crippen molar-refractivity contribution < 1.29 is 14.2 Å². The number of hydrogen-bond acceptors (Lipinski definition) is 4. The molecule has 0 spiro atoms. The first-order valence-electron chi connectivity index (χ1n) is 7.70. The molecule has 2 aromatic carbocycles. The zero-order valence-electron chi connectivity index (χ0n) is 13.6. The summed E-state index contributed by atoms with van der Waals surface area (Å²) in [5, 5.41) is 14.5. The molecular weight excluding hydrogens is 307 g/mol. The van der Waals surface area contributed by atoms with E-state index in [1.165, 1.54) is 12.1 Å². The number of ether oxygens (including phenoxy) is 1. The lowest BCUT2D eigenvalue weighted by atomic mass is 10.1. The lowest BCUT2D eigenvalue weighted by molar-refractivity contribution is 0.191. The Labute approximate surface area is 139 Å². The van der Waals surface area contributed by atoms with E-state index in [4.69, 9.17) is 4.74 Å². The minimum atomic E-state index is -0.811. The van der Waals surface area contributed by atoms with Crippen molar-refractivity contribution in [1.82, 2.24) is 4.98 Å². The van der Waals surface area contributed by atoms with Crippen LogP contribution in [0, 0.1) is 12.7 Å². The van der Waals surface area contributed by atoms with Gasteiger partial charge in [0.1, 0.15) is 17.1 Å². The normalized spacial score (nSPS) is 12.2. The van der Waals surface area contributed by atoms with E-state index in [1.54, 1.807) is 25.4 Å². The molecule has 124 valence electrons. The van der Waals surface area contributed by atoms with Gasteiger partial charge in [-0.1, -0.05) is 24.3 Å². The van der Waals surface area contributed by atoms with Crippen LogP contribution in [0.1, 0.15) is 17.2 Å². The maximum Gasteiger partial charge on any atom is 0.145 e. The first kappa shape index (κ1) is 16.2. The number of aliphatic hydroxyl groups excluding tert-OH is 1. The summed E-state index contributed by atoms with van der Waals surface area (Å²) in [5.74, 6) is 0.336. The summed E-state index contributed by atoms with van der Waals surface area (Å²) in [6, 6.07) is 11.7. The Morgan fingerprint density at radius 2 is 2.04 bits per heavy atom. The van der Waals surface area contributed by atoms with Gasteiger partial charge in [0.2, 0.25) is 0 Å². The molecule has 0 aliphatic heterocycles. The first-order chi connectivity index (χ1) is 11.6. The van der Waals surface area contributed by atoms with Gasteiger partial charge in [0.05, 0.1) is 13.2 Å². The molecule has 5 heteroatoms. The first-order valence-corrected chi connectivity index (χ1v) is 7.70. The second kappa shape index (κ2) is 6.84. The van der Waals surface area contributed by atoms with Crippen molar-refractivity contribution in [1.29, 1.82) is 0 Å². The number of fused-ring (bicyclic) bond motifs is 1. The Morgan fingerprint density at radius 1 is 1.25 bits per heavy atom. The molecule has 24 heavy (non-hydrogen) atoms. The van der Waals surface area contributed by atoms with Crippen LogP contribution in [0.4, 0.5) is 10.1 Å². The highest BCUT2D eigenvalue weighted by Crippen LogP contribution is 2.31. The third-order valence-electron chi connectivity index (χ3n) is 3.98. The van der Waals surface area contributed by atoms with Crippen molar-refractivity contribution in [3.63, 3.8) is 0 Å². The SMILES string of the molecule is COc1cccc2c(NCC(O)c3cccc(F)c3)c(C)cnc12. The summed E-state index contributed by atoms with van der Waals surface area (Å²) < 4.78 is 18.6. The van der Waals surface area contributed by atoms with Crippen molar-refractivity contribution >= 4 is 16.6 Å². The second-order valence-electron chi connectivity index (χ2n) is 5.62. The van der Waals surface area contributed by atoms with Gasteiger partial charge in [-0.05, 0) is 36.2 Å². The number of aromatic nitrogens is 1. The number of para-hydroxylation sites is 1. The fraction of sp³-hybridized carbons (Fsp3) is 0.211. The second-order valence-corrected chi connectivity index (χ2v) is 5.62. The Kier molecular flexibility index (Phi) is 4.62. The maximum absolute atomic E-state index is 13.3. The van der Waals surface area contributed by atoms with Crippen LogP contribution >= 0.6 is 0 Å². The van der Waals surface area contributed by atoms with Gasteiger partial charge in [-0.3, -0.25) is 4.98 Å². The van der Waals surface area contributed by atoms with Crippen LogP contribution in [0.3, 0.4) is 0 Å². The van der Waals surface area contributed by atoms with Crippen molar-refractivity contribution in [2.24, 2.45) is 0 Å². The molecule has 0 saturated carbocycles. The summed E-state index contributed by atoms with van der Waals surface area (Å²) in [5.41, 5.74) is 3.14. The molecule has 0 bridgehead atoms. The molecule has 4 nitrogen and oxygen atoms in total. The highest BCUT2D eigenvalue weighted by Gasteiger charge is 2.12. The third-order valence-corrected chi connectivity index (χ3v) is 3.98. The molecule has 0 amide bonds. The number of pyridine rings is 1. The van der Waals surface area contributed by atoms with Gasteiger partial charge in [-0.15, -0.1) is 0 Å². The third kappa shape index (κ3) is 3.16. The molecule has 0 aliphatic carbocycles. The summed E-state index contributed by atoms with van der Waals surface area (Å²) in [6.45, 7) is 2.21. The fourth-order valence-electron chi connectivity index (χ4n) is 2.73. The molecule has 1 atom stereocenters. The number of halogens is 1. The number of aryl methyl sites for hydroxylation is 1. The Balaban J connectivity index is 1.88. The molecule has 0 aliphatic rings. The van der Waals surface area contributed by atoms with E-state index < -0.39 is 6.10 Å². The van der Waals surface area contributed by atoms with Gasteiger partial charge < -0.3 is 15.2 Å². The summed E-state index contributed by atoms with van der Waals surface area (Å²) in [6.07, 6.45) is 0.954. The Bertz CT molecular complexity index is 867. The molecule has 0 saturated heterocycles. The number of hydrogen-bond donors (Lipinski definition) is 2. The largest absolute Gasteiger partial charge is 0.494 e. The van der Waals surface area contributed by atoms with E-state index in [-0.39, 0.29) is 12.4 Å². The highest BCUT2D eigenvalue weighted by atomic mass is 19.1. The van der Waals surface area contributed by atoms with Crippen LogP contribution in [-0.4, -0.2) is 23.7 Å². The van der Waals surface area contributed by atoms with E-state index in [0.717, 1.165) is 22.2 Å². The summed E-state index contributed by atoms with van der Waals surface area (Å²) >= 11 is 0. The van der Waals surface area contributed by atoms with Crippen LogP contribution in [0.5, 0.6) is 5.75 Å². The van der Waals surface area contributed by atoms with Gasteiger partial charge in [-0.25, -0.2) is 4.39 Å². The zero-order valence-corrected chi connectivity index (χ0v) is 13.6. The maximum atomic E-state index is 13.3. The van der Waals surface area contributed by atoms with Crippen LogP contribution < -0.4 is 10.1 Å². The van der Waals surface area contributed by atoms with E-state index in [0.29, 0.717) is 11.3 Å². The average Bonchev–Trinajstić information content (AvgIpc) is 2.60. The Hall–Kier alpha value is -2.66. The monoisotopic (exact) mass is 326 g/mol. The number of benzene rings is 2. The summed E-state index contributed by atoms with van der Waals surface area (Å²) in [7, 11) is 1.61. The molecule has 3 aromatic rings. The quantitative estimate of drug-likeness (QED) is 0.748. The van der Waals surface area contributed by atoms with Crippen LogP contribution in [0.15, 0.2) is 48.7 Å². The van der Waals surface area contributed by atoms with Crippen molar-refractivity contribution in [3.8, 4) is 5.75 Å². The van der Waals surface area contributed by atoms with Gasteiger partial charge in [0.15, 0.2) is 0 Å². The van der Waals surface area contributed by atoms with Gasteiger partial charge in [-0.2, -0.15) is 0 Å². The number of aliphatic hydroxyl groups is 1. The topological polar surface area (TPSA) is 54.4 Å². The number of nitrogens with zero attached hydrogens (tertiary/aromatic N) is 1. The predicted molar refractivity (Wildman–Crippen MR) is 92.9 cm³/mol. The molecule has 2 N–H and O–H groups in total. The van der Waals surface area contributed by atoms with Crippen molar-refractivity contribution in [2.75, 3.05) is 19.0 Å². The van der Waals surface area contributed by atoms with Crippen LogP contribution in [-0.2, 0) is 0 Å². The van der Waals surface area contributed by atoms with Crippen LogP contribution in [0.2, 0.25) is 0 Å². The van der Waals surface area contributed by atoms with Crippen LogP contribution in [0.25, 0.3) is 10.9 Å². The minimum Gasteiger partial charge on any atom is -0.494 e. The standard InChI is InChI=1S/C19H19FN2O2/c1-12-10-21-19-15(7-4-8-17(19)24-2)18(12)22-11-16(23)13-5-3-6-14(20)9-13/h3-10,16,23H,11H2,1-2H3,(H,21,22). The number of anilines is 1. The molecule has 1 aromatic heterocycles. The number of methoxy groups -OCH3 is 1. The molecule has 0 fully saturated rings. The lowest BCUT2D eigenvalue weighted by Crippen LogP contribution is -2.13. The lowest BCUT2D eigenvalue weighted by Gasteiger charge is -2.17. The molecule has 1 unspecified atom stereocenters. The summed E-state index contributed by atoms with van der Waals surface area (Å²) in [4.78, 5) is 4.43. The fourth-order valence-corrected chi connectivity index (χ4v) is 2.73. The zero-order chi connectivity index (χ0) is 17.1. The van der Waals surface area contributed by atoms with E-state index >= 15 is 0 Å². The minimum absolute atomic E-state index is 0.265. The van der Waals surface area contributed by atoms with Gasteiger partial charge in [0.25, 0.3) is 0 Å². The highest BCUT2D eigenvalue weighted by molar-refractivity contribution is 5.96. The average molecular weight is 326 g/mol. The Morgan fingerprint density at radius 3 is 2.79 bits per heavy atom. The smallest absolute Gasteiger partial charge is 0.145 e. The van der Waals surface area contributed by atoms with E-state index in [1.807, 2.05) is 25.1 Å². The van der Waals surface area contributed by atoms with E-state index in [2.05, 4.69) is 10.3 Å². The molecule has 0 radical (unpaired) electrons. The molecule has 1 heterocycles. The molecule has 3 rings (SSSR count). The van der Waals surface area contributed by atoms with Crippen molar-refractivity contribution in [3.05, 3.63) is 65.6 Å². The molecular formula is C19H19FN2O2. The van der Waals surface area contributed by atoms with E-state index in [9.17, 15) is 9.50 Å². The predicted octanol–water partition coefficient (Wildman–Crippen LogP) is 3.84. The number of nitrogens with one attached hydrogen (secondary N) is 1. The van der Waals surface area contributed by atoms with Crippen molar-refractivity contribution in [2.45, 2.75) is 13.0 Å². The number of rotatable bonds is 5. The van der Waals surface area contributed by atoms with Gasteiger partial charge >= 0.3 is 0 Å². The van der Waals surface area contributed by atoms with Gasteiger partial charge in [0, 0.05) is 23.8 Å².